The first-order valence-corrected chi connectivity index (χ1v) is 10.3. The Kier molecular flexibility index (Phi) is 5.63. The zero-order valence-electron chi connectivity index (χ0n) is 16.3. The van der Waals surface area contributed by atoms with Crippen LogP contribution in [-0.2, 0) is 4.79 Å². The molecule has 1 amide bonds. The van der Waals surface area contributed by atoms with E-state index in [0.717, 1.165) is 42.2 Å². The summed E-state index contributed by atoms with van der Waals surface area (Å²) in [5, 5.41) is 0. The van der Waals surface area contributed by atoms with Crippen molar-refractivity contribution in [2.45, 2.75) is 57.1 Å². The molecule has 1 aromatic rings. The fourth-order valence-corrected chi connectivity index (χ4v) is 4.51. The molecule has 0 bridgehead atoms. The van der Waals surface area contributed by atoms with E-state index in [2.05, 4.69) is 29.2 Å². The van der Waals surface area contributed by atoms with Crippen molar-refractivity contribution >= 4 is 11.5 Å². The molecule has 2 aliphatic heterocycles. The van der Waals surface area contributed by atoms with Crippen molar-refractivity contribution in [3.8, 4) is 5.75 Å². The number of piperidine rings is 1. The zero-order chi connectivity index (χ0) is 18.6. The number of nitrogens with zero attached hydrogens (tertiary/aromatic N) is 2. The van der Waals surface area contributed by atoms with E-state index in [0.29, 0.717) is 6.10 Å². The van der Waals surface area contributed by atoms with Crippen LogP contribution in [-0.4, -0.2) is 48.0 Å². The number of likely N-dealkylation sites (N-methyl/N-ethyl adjacent to an activating group) is 1. The van der Waals surface area contributed by atoms with Gasteiger partial charge in [0.2, 0.25) is 5.91 Å². The van der Waals surface area contributed by atoms with Crippen LogP contribution >= 0.6 is 0 Å². The molecule has 27 heavy (non-hydrogen) atoms. The first-order valence-electron chi connectivity index (χ1n) is 10.3. The minimum absolute atomic E-state index is 0.0221. The van der Waals surface area contributed by atoms with Gasteiger partial charge in [-0.25, -0.2) is 0 Å². The van der Waals surface area contributed by atoms with Gasteiger partial charge in [-0.3, -0.25) is 4.79 Å². The lowest BCUT2D eigenvalue weighted by Gasteiger charge is -2.36. The molecular formula is C23H30N2O2. The summed E-state index contributed by atoms with van der Waals surface area (Å²) in [5.41, 5.74) is 2.29. The lowest BCUT2D eigenvalue weighted by atomic mass is 10.0. The van der Waals surface area contributed by atoms with Crippen LogP contribution in [0.25, 0.3) is 5.57 Å². The van der Waals surface area contributed by atoms with E-state index in [1.165, 1.54) is 38.8 Å². The van der Waals surface area contributed by atoms with Crippen molar-refractivity contribution in [1.29, 1.82) is 0 Å². The Morgan fingerprint density at radius 2 is 1.70 bits per heavy atom. The SMILES string of the molecule is CN1C=C(c2ccc(OC3CCN(C4CCCC4)CC3)cc2)CC=CC1=O. The van der Waals surface area contributed by atoms with Crippen molar-refractivity contribution in [2.24, 2.45) is 0 Å². The number of ether oxygens (including phenoxy) is 1. The van der Waals surface area contributed by atoms with Gasteiger partial charge in [-0.1, -0.05) is 31.1 Å². The predicted molar refractivity (Wildman–Crippen MR) is 108 cm³/mol. The second-order valence-corrected chi connectivity index (χ2v) is 8.03. The standard InChI is InChI=1S/C23H30N2O2/c1-24-17-19(5-4-8-23(24)26)18-9-11-21(12-10-18)27-22-13-15-25(16-14-22)20-6-2-3-7-20/h4,8-12,17,20,22H,2-3,5-7,13-16H2,1H3. The maximum absolute atomic E-state index is 11.7. The highest BCUT2D eigenvalue weighted by atomic mass is 16.5. The van der Waals surface area contributed by atoms with Crippen molar-refractivity contribution in [3.63, 3.8) is 0 Å². The number of benzene rings is 1. The monoisotopic (exact) mass is 366 g/mol. The molecule has 0 radical (unpaired) electrons. The van der Waals surface area contributed by atoms with E-state index in [9.17, 15) is 4.79 Å². The molecule has 144 valence electrons. The summed E-state index contributed by atoms with van der Waals surface area (Å²) >= 11 is 0. The zero-order valence-corrected chi connectivity index (χ0v) is 16.3. The van der Waals surface area contributed by atoms with Crippen LogP contribution in [0.3, 0.4) is 0 Å². The quantitative estimate of drug-likeness (QED) is 0.799. The van der Waals surface area contributed by atoms with Crippen molar-refractivity contribution < 1.29 is 9.53 Å². The summed E-state index contributed by atoms with van der Waals surface area (Å²) < 4.78 is 6.25. The van der Waals surface area contributed by atoms with Crippen LogP contribution in [0, 0.1) is 0 Å². The number of rotatable bonds is 4. The van der Waals surface area contributed by atoms with Crippen LogP contribution in [0.2, 0.25) is 0 Å². The molecule has 0 atom stereocenters. The first-order chi connectivity index (χ1) is 13.2. The molecule has 4 rings (SSSR count). The van der Waals surface area contributed by atoms with Gasteiger partial charge < -0.3 is 14.5 Å². The molecular weight excluding hydrogens is 336 g/mol. The molecule has 0 unspecified atom stereocenters. The van der Waals surface area contributed by atoms with E-state index in [1.54, 1.807) is 18.0 Å². The van der Waals surface area contributed by atoms with Gasteiger partial charge in [0.05, 0.1) is 0 Å². The summed E-state index contributed by atoms with van der Waals surface area (Å²) in [6, 6.07) is 9.17. The van der Waals surface area contributed by atoms with E-state index >= 15 is 0 Å². The summed E-state index contributed by atoms with van der Waals surface area (Å²) in [6.07, 6.45) is 14.4. The van der Waals surface area contributed by atoms with Gasteiger partial charge >= 0.3 is 0 Å². The average Bonchev–Trinajstić information content (AvgIpc) is 3.17. The Labute approximate surface area is 162 Å². The molecule has 0 spiro atoms. The summed E-state index contributed by atoms with van der Waals surface area (Å²) in [5.74, 6) is 0.973. The van der Waals surface area contributed by atoms with Crippen molar-refractivity contribution in [3.05, 3.63) is 48.2 Å². The Hall–Kier alpha value is -2.07. The molecule has 1 aliphatic carbocycles. The lowest BCUT2D eigenvalue weighted by Crippen LogP contribution is -2.43. The van der Waals surface area contributed by atoms with Gasteiger partial charge in [0.1, 0.15) is 11.9 Å². The van der Waals surface area contributed by atoms with Crippen LogP contribution in [0.15, 0.2) is 42.6 Å². The number of amides is 1. The van der Waals surface area contributed by atoms with Gasteiger partial charge in [0, 0.05) is 32.4 Å². The van der Waals surface area contributed by atoms with Gasteiger partial charge in [-0.15, -0.1) is 0 Å². The average molecular weight is 367 g/mol. The smallest absolute Gasteiger partial charge is 0.249 e. The van der Waals surface area contributed by atoms with Crippen LogP contribution in [0.5, 0.6) is 5.75 Å². The number of carbonyl (C=O) groups excluding carboxylic acids is 1. The largest absolute Gasteiger partial charge is 0.490 e. The highest BCUT2D eigenvalue weighted by Gasteiger charge is 2.27. The number of allylic oxidation sites excluding steroid dienone is 2. The Balaban J connectivity index is 1.33. The molecule has 1 saturated carbocycles. The molecule has 0 N–H and O–H groups in total. The van der Waals surface area contributed by atoms with Crippen LogP contribution < -0.4 is 4.74 Å². The first kappa shape index (κ1) is 18.3. The third-order valence-corrected chi connectivity index (χ3v) is 6.14. The van der Waals surface area contributed by atoms with Gasteiger partial charge in [0.15, 0.2) is 0 Å². The highest BCUT2D eigenvalue weighted by Crippen LogP contribution is 2.28. The Bertz CT molecular complexity index is 708. The highest BCUT2D eigenvalue weighted by molar-refractivity contribution is 5.90. The lowest BCUT2D eigenvalue weighted by molar-refractivity contribution is -0.122. The normalized spacial score (nSPS) is 22.8. The van der Waals surface area contributed by atoms with Gasteiger partial charge in [-0.05, 0) is 61.4 Å². The number of hydrogen-bond acceptors (Lipinski definition) is 3. The topological polar surface area (TPSA) is 32.8 Å². The molecule has 1 saturated heterocycles. The third-order valence-electron chi connectivity index (χ3n) is 6.14. The maximum atomic E-state index is 11.7. The summed E-state index contributed by atoms with van der Waals surface area (Å²) in [4.78, 5) is 16.1. The molecule has 0 aromatic heterocycles. The number of likely N-dealkylation sites (tertiary alicyclic amines) is 1. The van der Waals surface area contributed by atoms with E-state index < -0.39 is 0 Å². The van der Waals surface area contributed by atoms with E-state index in [1.807, 2.05) is 12.3 Å². The van der Waals surface area contributed by atoms with Crippen molar-refractivity contribution in [1.82, 2.24) is 9.80 Å². The minimum atomic E-state index is 0.0221. The molecule has 2 fully saturated rings. The molecule has 1 aromatic carbocycles. The minimum Gasteiger partial charge on any atom is -0.490 e. The van der Waals surface area contributed by atoms with Gasteiger partial charge in [0.25, 0.3) is 0 Å². The second kappa shape index (κ2) is 8.30. The fourth-order valence-electron chi connectivity index (χ4n) is 4.51. The predicted octanol–water partition coefficient (Wildman–Crippen LogP) is 4.23. The van der Waals surface area contributed by atoms with Crippen LogP contribution in [0.1, 0.15) is 50.5 Å². The third kappa shape index (κ3) is 4.44. The molecule has 4 heteroatoms. The molecule has 4 nitrogen and oxygen atoms in total. The Morgan fingerprint density at radius 1 is 1.00 bits per heavy atom. The Morgan fingerprint density at radius 3 is 2.41 bits per heavy atom. The summed E-state index contributed by atoms with van der Waals surface area (Å²) in [7, 11) is 1.80. The summed E-state index contributed by atoms with van der Waals surface area (Å²) in [6.45, 7) is 2.35. The van der Waals surface area contributed by atoms with Crippen LogP contribution in [0.4, 0.5) is 0 Å². The number of carbonyl (C=O) groups is 1. The van der Waals surface area contributed by atoms with Gasteiger partial charge in [-0.2, -0.15) is 0 Å². The fraction of sp³-hybridized carbons (Fsp3) is 0.522. The molecule has 3 aliphatic rings. The van der Waals surface area contributed by atoms with E-state index in [-0.39, 0.29) is 5.91 Å². The number of hydrogen-bond donors (Lipinski definition) is 0. The second-order valence-electron chi connectivity index (χ2n) is 8.03. The van der Waals surface area contributed by atoms with E-state index in [4.69, 9.17) is 4.74 Å². The van der Waals surface area contributed by atoms with Crippen molar-refractivity contribution in [2.75, 3.05) is 20.1 Å². The molecule has 2 heterocycles. The maximum Gasteiger partial charge on any atom is 0.249 e.